The predicted molar refractivity (Wildman–Crippen MR) is 52.9 cm³/mol. The second-order valence-electron chi connectivity index (χ2n) is 3.33. The summed E-state index contributed by atoms with van der Waals surface area (Å²) in [5.74, 6) is -0.931. The molecule has 1 aromatic carbocycles. The van der Waals surface area contributed by atoms with Gasteiger partial charge in [0.2, 0.25) is 0 Å². The van der Waals surface area contributed by atoms with E-state index in [9.17, 15) is 4.79 Å². The number of hydrogen-bond donors (Lipinski definition) is 1. The summed E-state index contributed by atoms with van der Waals surface area (Å²) < 4.78 is 10.7. The summed E-state index contributed by atoms with van der Waals surface area (Å²) in [5.41, 5.74) is 0.970. The average Bonchev–Trinajstić information content (AvgIpc) is 2.30. The van der Waals surface area contributed by atoms with Gasteiger partial charge in [-0.2, -0.15) is 0 Å². The van der Waals surface area contributed by atoms with E-state index >= 15 is 0 Å². The monoisotopic (exact) mass is 208 g/mol. The minimum absolute atomic E-state index is 0.258. The van der Waals surface area contributed by atoms with Crippen molar-refractivity contribution in [2.75, 3.05) is 19.8 Å². The maximum absolute atomic E-state index is 11.0. The Morgan fingerprint density at radius 3 is 2.80 bits per heavy atom. The van der Waals surface area contributed by atoms with Crippen LogP contribution in [0, 0.1) is 0 Å². The number of carboxylic acids is 1. The summed E-state index contributed by atoms with van der Waals surface area (Å²) in [6.07, 6.45) is -0.258. The van der Waals surface area contributed by atoms with Gasteiger partial charge < -0.3 is 14.6 Å². The van der Waals surface area contributed by atoms with E-state index in [1.165, 1.54) is 0 Å². The molecule has 2 rings (SSSR count). The molecule has 1 aliphatic heterocycles. The first-order valence-corrected chi connectivity index (χ1v) is 4.80. The lowest BCUT2D eigenvalue weighted by molar-refractivity contribution is -0.0904. The minimum Gasteiger partial charge on any atom is -0.478 e. The Bertz CT molecular complexity index is 355. The molecule has 0 radical (unpaired) electrons. The fourth-order valence-electron chi connectivity index (χ4n) is 1.64. The molecule has 1 aliphatic rings. The third-order valence-corrected chi connectivity index (χ3v) is 2.35. The Morgan fingerprint density at radius 2 is 2.13 bits per heavy atom. The second-order valence-corrected chi connectivity index (χ2v) is 3.33. The molecule has 0 aromatic heterocycles. The molecule has 1 atom stereocenters. The molecule has 0 amide bonds. The Balaban J connectivity index is 2.29. The zero-order valence-corrected chi connectivity index (χ0v) is 8.18. The number of rotatable bonds is 2. The molecule has 0 bridgehead atoms. The third kappa shape index (κ3) is 2.16. The lowest BCUT2D eigenvalue weighted by atomic mass is 10.0. The van der Waals surface area contributed by atoms with Gasteiger partial charge in [0, 0.05) is 0 Å². The molecular formula is C11H12O4. The Morgan fingerprint density at radius 1 is 1.33 bits per heavy atom. The van der Waals surface area contributed by atoms with E-state index in [0.717, 1.165) is 0 Å². The lowest BCUT2D eigenvalue weighted by Crippen LogP contribution is -2.23. The first kappa shape index (κ1) is 10.1. The third-order valence-electron chi connectivity index (χ3n) is 2.35. The molecule has 4 heteroatoms. The number of carboxylic acid groups (broad SMARTS) is 1. The van der Waals surface area contributed by atoms with Crippen LogP contribution in [-0.4, -0.2) is 30.9 Å². The molecule has 1 N–H and O–H groups in total. The fourth-order valence-corrected chi connectivity index (χ4v) is 1.64. The highest BCUT2D eigenvalue weighted by Gasteiger charge is 2.21. The van der Waals surface area contributed by atoms with E-state index in [1.807, 2.05) is 0 Å². The predicted octanol–water partition coefficient (Wildman–Crippen LogP) is 1.47. The minimum atomic E-state index is -0.931. The molecule has 0 saturated carbocycles. The lowest BCUT2D eigenvalue weighted by Gasteiger charge is -2.24. The van der Waals surface area contributed by atoms with Gasteiger partial charge in [-0.05, 0) is 11.6 Å². The van der Waals surface area contributed by atoms with Crippen LogP contribution in [0.3, 0.4) is 0 Å². The molecule has 1 aromatic rings. The van der Waals surface area contributed by atoms with E-state index in [0.29, 0.717) is 25.4 Å². The first-order valence-electron chi connectivity index (χ1n) is 4.80. The number of benzene rings is 1. The SMILES string of the molecule is O=C(O)c1ccccc1C1COCCO1. The largest absolute Gasteiger partial charge is 0.478 e. The molecular weight excluding hydrogens is 196 g/mol. The smallest absolute Gasteiger partial charge is 0.336 e. The summed E-state index contributed by atoms with van der Waals surface area (Å²) in [5, 5.41) is 9.00. The Hall–Kier alpha value is -1.39. The van der Waals surface area contributed by atoms with Gasteiger partial charge in [0.05, 0.1) is 25.4 Å². The highest BCUT2D eigenvalue weighted by atomic mass is 16.6. The van der Waals surface area contributed by atoms with Gasteiger partial charge in [0.15, 0.2) is 0 Å². The quantitative estimate of drug-likeness (QED) is 0.799. The molecule has 0 spiro atoms. The van der Waals surface area contributed by atoms with E-state index in [4.69, 9.17) is 14.6 Å². The van der Waals surface area contributed by atoms with Crippen LogP contribution in [0.1, 0.15) is 22.0 Å². The highest BCUT2D eigenvalue weighted by Crippen LogP contribution is 2.24. The van der Waals surface area contributed by atoms with E-state index < -0.39 is 5.97 Å². The zero-order chi connectivity index (χ0) is 10.7. The van der Waals surface area contributed by atoms with Crippen molar-refractivity contribution >= 4 is 5.97 Å². The molecule has 1 heterocycles. The van der Waals surface area contributed by atoms with Crippen LogP contribution in [0.5, 0.6) is 0 Å². The average molecular weight is 208 g/mol. The van der Waals surface area contributed by atoms with E-state index in [1.54, 1.807) is 24.3 Å². The number of hydrogen-bond acceptors (Lipinski definition) is 3. The van der Waals surface area contributed by atoms with Crippen molar-refractivity contribution in [3.8, 4) is 0 Å². The zero-order valence-electron chi connectivity index (χ0n) is 8.18. The Labute approximate surface area is 87.4 Å². The number of ether oxygens (including phenoxy) is 2. The highest BCUT2D eigenvalue weighted by molar-refractivity contribution is 5.89. The van der Waals surface area contributed by atoms with Crippen LogP contribution in [0.4, 0.5) is 0 Å². The molecule has 1 saturated heterocycles. The van der Waals surface area contributed by atoms with Crippen molar-refractivity contribution in [1.82, 2.24) is 0 Å². The second kappa shape index (κ2) is 4.42. The summed E-state index contributed by atoms with van der Waals surface area (Å²) in [4.78, 5) is 11.0. The molecule has 80 valence electrons. The van der Waals surface area contributed by atoms with Gasteiger partial charge in [-0.1, -0.05) is 18.2 Å². The maximum Gasteiger partial charge on any atom is 0.336 e. The van der Waals surface area contributed by atoms with Crippen molar-refractivity contribution in [2.45, 2.75) is 6.10 Å². The van der Waals surface area contributed by atoms with Gasteiger partial charge >= 0.3 is 5.97 Å². The summed E-state index contributed by atoms with van der Waals surface area (Å²) in [6, 6.07) is 6.86. The Kier molecular flexibility index (Phi) is 2.99. The van der Waals surface area contributed by atoms with Gasteiger partial charge in [-0.25, -0.2) is 4.79 Å². The van der Waals surface area contributed by atoms with Crippen molar-refractivity contribution in [3.63, 3.8) is 0 Å². The first-order chi connectivity index (χ1) is 7.29. The number of aromatic carboxylic acids is 1. The van der Waals surface area contributed by atoms with Gasteiger partial charge in [0.25, 0.3) is 0 Å². The topological polar surface area (TPSA) is 55.8 Å². The van der Waals surface area contributed by atoms with Crippen LogP contribution < -0.4 is 0 Å². The van der Waals surface area contributed by atoms with Crippen LogP contribution in [0.2, 0.25) is 0 Å². The van der Waals surface area contributed by atoms with Crippen molar-refractivity contribution in [2.24, 2.45) is 0 Å². The summed E-state index contributed by atoms with van der Waals surface area (Å²) >= 11 is 0. The standard InChI is InChI=1S/C11H12O4/c12-11(13)9-4-2-1-3-8(9)10-7-14-5-6-15-10/h1-4,10H,5-7H2,(H,12,13). The molecule has 1 unspecified atom stereocenters. The van der Waals surface area contributed by atoms with E-state index in [2.05, 4.69) is 0 Å². The molecule has 0 aliphatic carbocycles. The number of carbonyl (C=O) groups is 1. The van der Waals surface area contributed by atoms with Crippen molar-refractivity contribution in [1.29, 1.82) is 0 Å². The molecule has 1 fully saturated rings. The van der Waals surface area contributed by atoms with E-state index in [-0.39, 0.29) is 11.7 Å². The fraction of sp³-hybridized carbons (Fsp3) is 0.364. The van der Waals surface area contributed by atoms with Crippen LogP contribution >= 0.6 is 0 Å². The van der Waals surface area contributed by atoms with Gasteiger partial charge in [-0.15, -0.1) is 0 Å². The van der Waals surface area contributed by atoms with Crippen LogP contribution in [0.15, 0.2) is 24.3 Å². The van der Waals surface area contributed by atoms with Crippen molar-refractivity contribution in [3.05, 3.63) is 35.4 Å². The molecule has 15 heavy (non-hydrogen) atoms. The maximum atomic E-state index is 11.0. The van der Waals surface area contributed by atoms with Gasteiger partial charge in [-0.3, -0.25) is 0 Å². The van der Waals surface area contributed by atoms with Crippen LogP contribution in [0.25, 0.3) is 0 Å². The molecule has 4 nitrogen and oxygen atoms in total. The normalized spacial score (nSPS) is 21.2. The van der Waals surface area contributed by atoms with Gasteiger partial charge in [0.1, 0.15) is 6.10 Å². The summed E-state index contributed by atoms with van der Waals surface area (Å²) in [6.45, 7) is 1.51. The summed E-state index contributed by atoms with van der Waals surface area (Å²) in [7, 11) is 0. The van der Waals surface area contributed by atoms with Crippen molar-refractivity contribution < 1.29 is 19.4 Å². The van der Waals surface area contributed by atoms with Crippen LogP contribution in [-0.2, 0) is 9.47 Å².